The van der Waals surface area contributed by atoms with Crippen molar-refractivity contribution in [3.8, 4) is 0 Å². The van der Waals surface area contributed by atoms with Gasteiger partial charge in [-0.3, -0.25) is 9.59 Å². The molecule has 104 valence electrons. The number of nitrogens with one attached hydrogen (secondary N) is 1. The second-order valence-corrected chi connectivity index (χ2v) is 6.18. The fraction of sp³-hybridized carbons (Fsp3) is 0.571. The maximum absolute atomic E-state index is 11.9. The van der Waals surface area contributed by atoms with Crippen LogP contribution in [0.2, 0.25) is 0 Å². The van der Waals surface area contributed by atoms with E-state index in [1.807, 2.05) is 17.5 Å². The number of carbonyl (C=O) groups is 2. The zero-order chi connectivity index (χ0) is 13.7. The number of carbonyl (C=O) groups excluding carboxylic acids is 1. The second kappa shape index (κ2) is 6.19. The standard InChI is InChI=1S/C14H19NO3S/c16-12(15-8-5-11-4-3-9-19-11)10-14(13(17)18)6-1-2-7-14/h3-4,9H,1-2,5-8,10H2,(H,15,16)(H,17,18). The van der Waals surface area contributed by atoms with Gasteiger partial charge in [-0.2, -0.15) is 0 Å². The normalized spacial score (nSPS) is 17.3. The lowest BCUT2D eigenvalue weighted by Gasteiger charge is -2.22. The molecule has 0 aliphatic heterocycles. The summed E-state index contributed by atoms with van der Waals surface area (Å²) in [4.78, 5) is 24.4. The van der Waals surface area contributed by atoms with Crippen molar-refractivity contribution < 1.29 is 14.7 Å². The van der Waals surface area contributed by atoms with Gasteiger partial charge in [0.1, 0.15) is 0 Å². The number of hydrogen-bond acceptors (Lipinski definition) is 3. The molecule has 2 N–H and O–H groups in total. The molecule has 5 heteroatoms. The SMILES string of the molecule is O=C(CC1(C(=O)O)CCCC1)NCCc1cccs1. The number of rotatable bonds is 6. The van der Waals surface area contributed by atoms with E-state index in [-0.39, 0.29) is 12.3 Å². The summed E-state index contributed by atoms with van der Waals surface area (Å²) in [6, 6.07) is 4.02. The van der Waals surface area contributed by atoms with Gasteiger partial charge >= 0.3 is 5.97 Å². The number of amides is 1. The van der Waals surface area contributed by atoms with Gasteiger partial charge in [0.05, 0.1) is 5.41 Å². The molecule has 19 heavy (non-hydrogen) atoms. The van der Waals surface area contributed by atoms with Crippen LogP contribution < -0.4 is 5.32 Å². The largest absolute Gasteiger partial charge is 0.481 e. The van der Waals surface area contributed by atoms with E-state index >= 15 is 0 Å². The minimum atomic E-state index is -0.821. The Morgan fingerprint density at radius 1 is 1.37 bits per heavy atom. The van der Waals surface area contributed by atoms with Crippen LogP contribution in [-0.4, -0.2) is 23.5 Å². The van der Waals surface area contributed by atoms with Crippen LogP contribution in [0.5, 0.6) is 0 Å². The first-order valence-corrected chi connectivity index (χ1v) is 7.53. The highest BCUT2D eigenvalue weighted by Crippen LogP contribution is 2.41. The predicted molar refractivity (Wildman–Crippen MR) is 74.2 cm³/mol. The Morgan fingerprint density at radius 3 is 2.68 bits per heavy atom. The minimum Gasteiger partial charge on any atom is -0.481 e. The summed E-state index contributed by atoms with van der Waals surface area (Å²) in [7, 11) is 0. The van der Waals surface area contributed by atoms with Gasteiger partial charge < -0.3 is 10.4 Å². The number of carboxylic acid groups (broad SMARTS) is 1. The van der Waals surface area contributed by atoms with E-state index in [1.165, 1.54) is 4.88 Å². The van der Waals surface area contributed by atoms with Crippen LogP contribution in [-0.2, 0) is 16.0 Å². The van der Waals surface area contributed by atoms with Crippen LogP contribution in [0.4, 0.5) is 0 Å². The summed E-state index contributed by atoms with van der Waals surface area (Å²) in [5, 5.41) is 14.2. The first kappa shape index (κ1) is 14.1. The molecular formula is C14H19NO3S. The molecule has 1 aromatic heterocycles. The van der Waals surface area contributed by atoms with Gasteiger partial charge in [0.15, 0.2) is 0 Å². The minimum absolute atomic E-state index is 0.118. The van der Waals surface area contributed by atoms with Gasteiger partial charge in [0, 0.05) is 17.8 Å². The smallest absolute Gasteiger partial charge is 0.310 e. The van der Waals surface area contributed by atoms with E-state index in [1.54, 1.807) is 11.3 Å². The number of carboxylic acids is 1. The molecule has 1 aliphatic rings. The Hall–Kier alpha value is -1.36. The Bertz CT molecular complexity index is 436. The molecule has 0 unspecified atom stereocenters. The molecule has 1 saturated carbocycles. The fourth-order valence-corrected chi connectivity index (χ4v) is 3.38. The lowest BCUT2D eigenvalue weighted by atomic mass is 9.82. The van der Waals surface area contributed by atoms with E-state index in [9.17, 15) is 14.7 Å². The summed E-state index contributed by atoms with van der Waals surface area (Å²) in [6.07, 6.45) is 4.00. The third kappa shape index (κ3) is 3.56. The van der Waals surface area contributed by atoms with Crippen molar-refractivity contribution in [2.45, 2.75) is 38.5 Å². The number of aliphatic carboxylic acids is 1. The average Bonchev–Trinajstić information content (AvgIpc) is 3.00. The molecule has 1 heterocycles. The van der Waals surface area contributed by atoms with E-state index < -0.39 is 11.4 Å². The molecule has 0 saturated heterocycles. The first-order chi connectivity index (χ1) is 9.12. The first-order valence-electron chi connectivity index (χ1n) is 6.65. The quantitative estimate of drug-likeness (QED) is 0.841. The summed E-state index contributed by atoms with van der Waals surface area (Å²) in [5.41, 5.74) is -0.812. The Morgan fingerprint density at radius 2 is 2.11 bits per heavy atom. The summed E-state index contributed by atoms with van der Waals surface area (Å²) >= 11 is 1.67. The van der Waals surface area contributed by atoms with Gasteiger partial charge in [-0.1, -0.05) is 18.9 Å². The van der Waals surface area contributed by atoms with Gasteiger partial charge in [-0.25, -0.2) is 0 Å². The predicted octanol–water partition coefficient (Wildman–Crippen LogP) is 2.44. The molecule has 0 radical (unpaired) electrons. The molecule has 1 aromatic rings. The molecule has 1 fully saturated rings. The fourth-order valence-electron chi connectivity index (χ4n) is 2.67. The van der Waals surface area contributed by atoms with Crippen molar-refractivity contribution in [3.05, 3.63) is 22.4 Å². The third-order valence-corrected chi connectivity index (χ3v) is 4.72. The van der Waals surface area contributed by atoms with Crippen molar-refractivity contribution in [2.24, 2.45) is 5.41 Å². The molecule has 1 amide bonds. The monoisotopic (exact) mass is 281 g/mol. The van der Waals surface area contributed by atoms with E-state index in [2.05, 4.69) is 5.32 Å². The Balaban J connectivity index is 1.78. The second-order valence-electron chi connectivity index (χ2n) is 5.15. The number of hydrogen-bond donors (Lipinski definition) is 2. The molecule has 1 aliphatic carbocycles. The highest BCUT2D eigenvalue weighted by molar-refractivity contribution is 7.09. The zero-order valence-corrected chi connectivity index (χ0v) is 11.7. The molecule has 2 rings (SSSR count). The molecule has 0 atom stereocenters. The lowest BCUT2D eigenvalue weighted by Crippen LogP contribution is -2.36. The van der Waals surface area contributed by atoms with Crippen LogP contribution in [0.25, 0.3) is 0 Å². The summed E-state index contributed by atoms with van der Waals surface area (Å²) in [6.45, 7) is 0.578. The van der Waals surface area contributed by atoms with Crippen LogP contribution in [0.3, 0.4) is 0 Å². The Labute approximate surface area is 116 Å². The van der Waals surface area contributed by atoms with E-state index in [0.29, 0.717) is 19.4 Å². The van der Waals surface area contributed by atoms with Crippen molar-refractivity contribution in [2.75, 3.05) is 6.54 Å². The van der Waals surface area contributed by atoms with Crippen LogP contribution in [0.1, 0.15) is 37.0 Å². The summed E-state index contributed by atoms with van der Waals surface area (Å²) < 4.78 is 0. The van der Waals surface area contributed by atoms with Crippen LogP contribution in [0.15, 0.2) is 17.5 Å². The summed E-state index contributed by atoms with van der Waals surface area (Å²) in [5.74, 6) is -0.959. The van der Waals surface area contributed by atoms with Crippen LogP contribution >= 0.6 is 11.3 Å². The molecule has 4 nitrogen and oxygen atoms in total. The highest BCUT2D eigenvalue weighted by atomic mass is 32.1. The maximum Gasteiger partial charge on any atom is 0.310 e. The lowest BCUT2D eigenvalue weighted by molar-refractivity contribution is -0.151. The van der Waals surface area contributed by atoms with Crippen LogP contribution in [0, 0.1) is 5.41 Å². The Kier molecular flexibility index (Phi) is 4.58. The molecule has 0 aromatic carbocycles. The molecule has 0 spiro atoms. The van der Waals surface area contributed by atoms with Gasteiger partial charge in [-0.15, -0.1) is 11.3 Å². The average molecular weight is 281 g/mol. The van der Waals surface area contributed by atoms with Crippen molar-refractivity contribution >= 4 is 23.2 Å². The molecule has 0 bridgehead atoms. The highest BCUT2D eigenvalue weighted by Gasteiger charge is 2.42. The van der Waals surface area contributed by atoms with E-state index in [0.717, 1.165) is 19.3 Å². The zero-order valence-electron chi connectivity index (χ0n) is 10.9. The van der Waals surface area contributed by atoms with Crippen molar-refractivity contribution in [1.29, 1.82) is 0 Å². The van der Waals surface area contributed by atoms with Gasteiger partial charge in [-0.05, 0) is 30.7 Å². The van der Waals surface area contributed by atoms with Gasteiger partial charge in [0.2, 0.25) is 5.91 Å². The maximum atomic E-state index is 11.9. The van der Waals surface area contributed by atoms with Gasteiger partial charge in [0.25, 0.3) is 0 Å². The van der Waals surface area contributed by atoms with Crippen molar-refractivity contribution in [3.63, 3.8) is 0 Å². The molecular weight excluding hydrogens is 262 g/mol. The topological polar surface area (TPSA) is 66.4 Å². The van der Waals surface area contributed by atoms with E-state index in [4.69, 9.17) is 0 Å². The number of thiophene rings is 1. The van der Waals surface area contributed by atoms with Crippen molar-refractivity contribution in [1.82, 2.24) is 5.32 Å². The third-order valence-electron chi connectivity index (χ3n) is 3.79.